The summed E-state index contributed by atoms with van der Waals surface area (Å²) in [5.74, 6) is -2.52. The third-order valence-corrected chi connectivity index (χ3v) is 1.50. The van der Waals surface area contributed by atoms with Crippen molar-refractivity contribution in [1.82, 2.24) is 0 Å². The smallest absolute Gasteiger partial charge is 0.111 e. The van der Waals surface area contributed by atoms with Crippen LogP contribution in [-0.2, 0) is 4.79 Å². The van der Waals surface area contributed by atoms with Crippen molar-refractivity contribution in [1.29, 1.82) is 5.26 Å². The van der Waals surface area contributed by atoms with Gasteiger partial charge in [-0.05, 0) is 5.56 Å². The first kappa shape index (κ1) is 8.28. The Morgan fingerprint density at radius 2 is 2.00 bits per heavy atom. The summed E-state index contributed by atoms with van der Waals surface area (Å²) >= 11 is 0. The number of carbonyl (C=O) groups is 1. The van der Waals surface area contributed by atoms with Crippen molar-refractivity contribution in [3.63, 3.8) is 0 Å². The van der Waals surface area contributed by atoms with E-state index in [4.69, 9.17) is 5.26 Å². The van der Waals surface area contributed by atoms with Crippen molar-refractivity contribution >= 4 is 5.97 Å². The number of hydrogen-bond acceptors (Lipinski definition) is 3. The van der Waals surface area contributed by atoms with E-state index < -0.39 is 11.9 Å². The van der Waals surface area contributed by atoms with E-state index in [-0.39, 0.29) is 0 Å². The van der Waals surface area contributed by atoms with Gasteiger partial charge >= 0.3 is 0 Å². The van der Waals surface area contributed by atoms with Gasteiger partial charge in [0, 0.05) is 0 Å². The lowest BCUT2D eigenvalue weighted by Gasteiger charge is -2.08. The standard InChI is InChI=1S/C9H7NO2/c10-6-8(9(11)12)7-4-2-1-3-5-7/h1-5,8H,(H,11,12)/p-1/t8-/m0/s1. The fourth-order valence-corrected chi connectivity index (χ4v) is 0.909. The Balaban J connectivity index is 2.98. The van der Waals surface area contributed by atoms with Gasteiger partial charge < -0.3 is 9.90 Å². The average Bonchev–Trinajstić information content (AvgIpc) is 2.07. The monoisotopic (exact) mass is 160 g/mol. The summed E-state index contributed by atoms with van der Waals surface area (Å²) < 4.78 is 0. The molecule has 0 heterocycles. The van der Waals surface area contributed by atoms with Gasteiger partial charge in [0.2, 0.25) is 0 Å². The highest BCUT2D eigenvalue weighted by Crippen LogP contribution is 2.12. The van der Waals surface area contributed by atoms with E-state index in [1.807, 2.05) is 0 Å². The summed E-state index contributed by atoms with van der Waals surface area (Å²) in [4.78, 5) is 10.4. The lowest BCUT2D eigenvalue weighted by atomic mass is 10.0. The second kappa shape index (κ2) is 3.54. The van der Waals surface area contributed by atoms with Gasteiger partial charge in [-0.3, -0.25) is 0 Å². The molecule has 0 N–H and O–H groups in total. The first-order valence-electron chi connectivity index (χ1n) is 3.41. The van der Waals surface area contributed by atoms with Crippen LogP contribution in [0, 0.1) is 11.3 Å². The molecule has 0 aliphatic rings. The predicted octanol–water partition coefficient (Wildman–Crippen LogP) is 0.0437. The molecule has 1 rings (SSSR count). The lowest BCUT2D eigenvalue weighted by molar-refractivity contribution is -0.306. The first-order chi connectivity index (χ1) is 5.75. The van der Waals surface area contributed by atoms with Crippen LogP contribution in [0.1, 0.15) is 11.5 Å². The zero-order chi connectivity index (χ0) is 8.97. The number of carboxylic acid groups (broad SMARTS) is 1. The number of nitriles is 1. The van der Waals surface area contributed by atoms with E-state index in [0.29, 0.717) is 5.56 Å². The number of carbonyl (C=O) groups excluding carboxylic acids is 1. The van der Waals surface area contributed by atoms with Gasteiger partial charge in [-0.2, -0.15) is 5.26 Å². The molecule has 60 valence electrons. The van der Waals surface area contributed by atoms with Crippen LogP contribution in [0.4, 0.5) is 0 Å². The number of carboxylic acids is 1. The van der Waals surface area contributed by atoms with Crippen LogP contribution >= 0.6 is 0 Å². The molecule has 3 nitrogen and oxygen atoms in total. The van der Waals surface area contributed by atoms with Gasteiger partial charge in [0.25, 0.3) is 0 Å². The summed E-state index contributed by atoms with van der Waals surface area (Å²) in [6.07, 6.45) is 0. The van der Waals surface area contributed by atoms with Crippen LogP contribution in [0.5, 0.6) is 0 Å². The molecule has 0 aliphatic carbocycles. The highest BCUT2D eigenvalue weighted by atomic mass is 16.4. The second-order valence-corrected chi connectivity index (χ2v) is 2.29. The Morgan fingerprint density at radius 3 is 2.42 bits per heavy atom. The fourth-order valence-electron chi connectivity index (χ4n) is 0.909. The maximum absolute atomic E-state index is 10.4. The van der Waals surface area contributed by atoms with Gasteiger partial charge in [0.1, 0.15) is 5.92 Å². The van der Waals surface area contributed by atoms with E-state index in [2.05, 4.69) is 0 Å². The van der Waals surface area contributed by atoms with Gasteiger partial charge in [0.15, 0.2) is 0 Å². The largest absolute Gasteiger partial charge is 0.548 e. The van der Waals surface area contributed by atoms with Crippen molar-refractivity contribution in [3.8, 4) is 6.07 Å². The Bertz CT molecular complexity index is 313. The molecule has 0 saturated heterocycles. The lowest BCUT2D eigenvalue weighted by Crippen LogP contribution is -2.28. The van der Waals surface area contributed by atoms with Crippen molar-refractivity contribution in [2.24, 2.45) is 0 Å². The van der Waals surface area contributed by atoms with Gasteiger partial charge in [0.05, 0.1) is 12.0 Å². The van der Waals surface area contributed by atoms with Gasteiger partial charge in [-0.1, -0.05) is 30.3 Å². The highest BCUT2D eigenvalue weighted by molar-refractivity contribution is 5.77. The second-order valence-electron chi connectivity index (χ2n) is 2.29. The number of hydrogen-bond donors (Lipinski definition) is 0. The van der Waals surface area contributed by atoms with Gasteiger partial charge in [-0.25, -0.2) is 0 Å². The van der Waals surface area contributed by atoms with Crippen molar-refractivity contribution in [2.45, 2.75) is 5.92 Å². The maximum Gasteiger partial charge on any atom is 0.111 e. The van der Waals surface area contributed by atoms with Crippen LogP contribution in [0.25, 0.3) is 0 Å². The van der Waals surface area contributed by atoms with Crippen LogP contribution in [0.2, 0.25) is 0 Å². The van der Waals surface area contributed by atoms with Gasteiger partial charge in [-0.15, -0.1) is 0 Å². The quantitative estimate of drug-likeness (QED) is 0.613. The SMILES string of the molecule is N#C[C@H](C(=O)[O-])c1ccccc1. The van der Waals surface area contributed by atoms with Crippen molar-refractivity contribution in [3.05, 3.63) is 35.9 Å². The molecule has 1 aromatic rings. The topological polar surface area (TPSA) is 63.9 Å². The van der Waals surface area contributed by atoms with Crippen molar-refractivity contribution in [2.75, 3.05) is 0 Å². The third-order valence-electron chi connectivity index (χ3n) is 1.50. The fraction of sp³-hybridized carbons (Fsp3) is 0.111. The molecule has 0 saturated carbocycles. The van der Waals surface area contributed by atoms with E-state index in [1.165, 1.54) is 0 Å². The predicted molar refractivity (Wildman–Crippen MR) is 39.8 cm³/mol. The van der Waals surface area contributed by atoms with Crippen LogP contribution < -0.4 is 5.11 Å². The number of rotatable bonds is 2. The molecule has 1 atom stereocenters. The molecular formula is C9H6NO2-. The molecular weight excluding hydrogens is 154 g/mol. The summed E-state index contributed by atoms with van der Waals surface area (Å²) in [7, 11) is 0. The molecule has 0 fully saturated rings. The summed E-state index contributed by atoms with van der Waals surface area (Å²) in [5, 5.41) is 18.9. The number of benzene rings is 1. The van der Waals surface area contributed by atoms with E-state index >= 15 is 0 Å². The Labute approximate surface area is 69.9 Å². The minimum atomic E-state index is -1.36. The Kier molecular flexibility index (Phi) is 2.44. The maximum atomic E-state index is 10.4. The molecule has 0 spiro atoms. The number of nitrogens with zero attached hydrogens (tertiary/aromatic N) is 1. The molecule has 12 heavy (non-hydrogen) atoms. The van der Waals surface area contributed by atoms with E-state index in [9.17, 15) is 9.90 Å². The summed E-state index contributed by atoms with van der Waals surface area (Å²) in [5.41, 5.74) is 0.458. The zero-order valence-electron chi connectivity index (χ0n) is 6.23. The van der Waals surface area contributed by atoms with Crippen LogP contribution in [0.15, 0.2) is 30.3 Å². The summed E-state index contributed by atoms with van der Waals surface area (Å²) in [6.45, 7) is 0. The highest BCUT2D eigenvalue weighted by Gasteiger charge is 2.09. The number of aliphatic carboxylic acids is 1. The van der Waals surface area contributed by atoms with Crippen LogP contribution in [0.3, 0.4) is 0 Å². The Morgan fingerprint density at radius 1 is 1.42 bits per heavy atom. The minimum absolute atomic E-state index is 0.458. The molecule has 0 aromatic heterocycles. The first-order valence-corrected chi connectivity index (χ1v) is 3.41. The average molecular weight is 160 g/mol. The normalized spacial score (nSPS) is 11.6. The summed E-state index contributed by atoms with van der Waals surface area (Å²) in [6, 6.07) is 9.95. The zero-order valence-corrected chi connectivity index (χ0v) is 6.23. The molecule has 3 heteroatoms. The minimum Gasteiger partial charge on any atom is -0.548 e. The van der Waals surface area contributed by atoms with Crippen LogP contribution in [-0.4, -0.2) is 5.97 Å². The molecule has 0 aliphatic heterocycles. The van der Waals surface area contributed by atoms with E-state index in [1.54, 1.807) is 36.4 Å². The third kappa shape index (κ3) is 1.61. The molecule has 1 aromatic carbocycles. The van der Waals surface area contributed by atoms with E-state index in [0.717, 1.165) is 0 Å². The Hall–Kier alpha value is -1.82. The molecule has 0 amide bonds. The van der Waals surface area contributed by atoms with Crippen molar-refractivity contribution < 1.29 is 9.90 Å². The molecule has 0 bridgehead atoms. The molecule has 0 radical (unpaired) electrons. The molecule has 0 unspecified atom stereocenters.